The van der Waals surface area contributed by atoms with Gasteiger partial charge in [-0.1, -0.05) is 29.8 Å². The molecular formula is C11H14O7. The fourth-order valence-electron chi connectivity index (χ4n) is 1.38. The molecule has 0 aliphatic heterocycles. The number of carboxylic acid groups (broad SMARTS) is 2. The van der Waals surface area contributed by atoms with Crippen LogP contribution in [-0.4, -0.2) is 43.9 Å². The first-order chi connectivity index (χ1) is 7.80. The van der Waals surface area contributed by atoms with Crippen LogP contribution in [0.15, 0.2) is 24.3 Å². The Bertz CT molecular complexity index is 439. The van der Waals surface area contributed by atoms with E-state index in [2.05, 4.69) is 0 Å². The molecule has 0 aliphatic carbocycles. The van der Waals surface area contributed by atoms with Crippen LogP contribution in [0.3, 0.4) is 0 Å². The lowest BCUT2D eigenvalue weighted by molar-refractivity contribution is -0.185. The zero-order chi connectivity index (χ0) is 13.2. The van der Waals surface area contributed by atoms with Crippen LogP contribution in [0.5, 0.6) is 0 Å². The van der Waals surface area contributed by atoms with Gasteiger partial charge < -0.3 is 25.9 Å². The summed E-state index contributed by atoms with van der Waals surface area (Å²) >= 11 is 0. The Morgan fingerprint density at radius 1 is 1.17 bits per heavy atom. The fraction of sp³-hybridized carbons (Fsp3) is 0.273. The Morgan fingerprint density at radius 2 is 1.61 bits per heavy atom. The molecular weight excluding hydrogens is 244 g/mol. The second-order valence-corrected chi connectivity index (χ2v) is 3.68. The van der Waals surface area contributed by atoms with Gasteiger partial charge in [-0.05, 0) is 12.5 Å². The third-order valence-corrected chi connectivity index (χ3v) is 2.45. The zero-order valence-electron chi connectivity index (χ0n) is 9.49. The summed E-state index contributed by atoms with van der Waals surface area (Å²) < 4.78 is 0. The number of hydrogen-bond donors (Lipinski definition) is 4. The summed E-state index contributed by atoms with van der Waals surface area (Å²) in [4.78, 5) is 21.6. The molecule has 7 nitrogen and oxygen atoms in total. The monoisotopic (exact) mass is 258 g/mol. The topological polar surface area (TPSA) is 147 Å². The Kier molecular flexibility index (Phi) is 4.98. The van der Waals surface area contributed by atoms with Gasteiger partial charge in [0.05, 0.1) is 0 Å². The van der Waals surface area contributed by atoms with Crippen molar-refractivity contribution >= 4 is 11.9 Å². The molecule has 1 rings (SSSR count). The third kappa shape index (κ3) is 2.65. The number of aryl methyl sites for hydroxylation is 1. The Balaban J connectivity index is 0.00000289. The highest BCUT2D eigenvalue weighted by Crippen LogP contribution is 2.26. The first-order valence-corrected chi connectivity index (χ1v) is 4.74. The molecule has 0 spiro atoms. The van der Waals surface area contributed by atoms with E-state index in [1.54, 1.807) is 6.92 Å². The highest BCUT2D eigenvalue weighted by molar-refractivity contribution is 5.88. The zero-order valence-corrected chi connectivity index (χ0v) is 9.49. The Morgan fingerprint density at radius 3 is 1.94 bits per heavy atom. The van der Waals surface area contributed by atoms with Crippen molar-refractivity contribution in [2.24, 2.45) is 0 Å². The Labute approximate surface area is 102 Å². The maximum absolute atomic E-state index is 11.0. The second-order valence-electron chi connectivity index (χ2n) is 3.68. The van der Waals surface area contributed by atoms with E-state index in [1.807, 2.05) is 0 Å². The van der Waals surface area contributed by atoms with Gasteiger partial charge in [0.15, 0.2) is 6.10 Å². The molecule has 18 heavy (non-hydrogen) atoms. The van der Waals surface area contributed by atoms with Crippen molar-refractivity contribution in [1.82, 2.24) is 0 Å². The van der Waals surface area contributed by atoms with Crippen LogP contribution in [0.1, 0.15) is 11.1 Å². The highest BCUT2D eigenvalue weighted by atomic mass is 16.4. The van der Waals surface area contributed by atoms with Crippen LogP contribution in [0.4, 0.5) is 0 Å². The van der Waals surface area contributed by atoms with E-state index in [4.69, 9.17) is 10.2 Å². The molecule has 0 aromatic heterocycles. The first-order valence-electron chi connectivity index (χ1n) is 4.74. The molecule has 0 fully saturated rings. The van der Waals surface area contributed by atoms with Gasteiger partial charge in [-0.25, -0.2) is 9.59 Å². The van der Waals surface area contributed by atoms with Crippen molar-refractivity contribution in [1.29, 1.82) is 0 Å². The van der Waals surface area contributed by atoms with Crippen LogP contribution in [0.2, 0.25) is 0 Å². The molecule has 0 aliphatic rings. The second kappa shape index (κ2) is 5.58. The summed E-state index contributed by atoms with van der Waals surface area (Å²) in [6.45, 7) is 1.75. The van der Waals surface area contributed by atoms with E-state index in [0.717, 1.165) is 5.56 Å². The van der Waals surface area contributed by atoms with Gasteiger partial charge in [0.2, 0.25) is 5.60 Å². The number of hydrogen-bond acceptors (Lipinski definition) is 4. The summed E-state index contributed by atoms with van der Waals surface area (Å²) in [5.74, 6) is -3.63. The van der Waals surface area contributed by atoms with Crippen LogP contribution < -0.4 is 0 Å². The minimum Gasteiger partial charge on any atom is -0.479 e. The van der Waals surface area contributed by atoms with Crippen molar-refractivity contribution in [2.45, 2.75) is 18.6 Å². The molecule has 7 heteroatoms. The molecule has 0 bridgehead atoms. The van der Waals surface area contributed by atoms with E-state index >= 15 is 0 Å². The number of carboxylic acids is 2. The average molecular weight is 258 g/mol. The Hall–Kier alpha value is -1.96. The van der Waals surface area contributed by atoms with Gasteiger partial charge >= 0.3 is 11.9 Å². The standard InChI is InChI=1S/C11H12O6.H2O/c1-6-2-4-7(5-3-6)11(17,10(15)16)8(12)9(13)14;/h2-5,8,12,17H,1H3,(H,13,14)(H,15,16);1H2. The van der Waals surface area contributed by atoms with Crippen LogP contribution >= 0.6 is 0 Å². The lowest BCUT2D eigenvalue weighted by Crippen LogP contribution is -2.50. The summed E-state index contributed by atoms with van der Waals surface area (Å²) in [7, 11) is 0. The van der Waals surface area contributed by atoms with E-state index < -0.39 is 23.6 Å². The van der Waals surface area contributed by atoms with E-state index in [9.17, 15) is 19.8 Å². The minimum absolute atomic E-state index is 0. The van der Waals surface area contributed by atoms with Gasteiger partial charge in [-0.15, -0.1) is 0 Å². The normalized spacial score (nSPS) is 15.1. The molecule has 1 aromatic carbocycles. The van der Waals surface area contributed by atoms with Crippen molar-refractivity contribution in [3.8, 4) is 0 Å². The first kappa shape index (κ1) is 16.0. The van der Waals surface area contributed by atoms with Crippen LogP contribution in [-0.2, 0) is 15.2 Å². The molecule has 0 amide bonds. The lowest BCUT2D eigenvalue weighted by Gasteiger charge is -2.26. The molecule has 100 valence electrons. The summed E-state index contributed by atoms with van der Waals surface area (Å²) in [5, 5.41) is 36.7. The van der Waals surface area contributed by atoms with Crippen LogP contribution in [0, 0.1) is 6.92 Å². The third-order valence-electron chi connectivity index (χ3n) is 2.45. The summed E-state index contributed by atoms with van der Waals surface area (Å²) in [5.41, 5.74) is -2.24. The smallest absolute Gasteiger partial charge is 0.343 e. The predicted molar refractivity (Wildman–Crippen MR) is 60.0 cm³/mol. The van der Waals surface area contributed by atoms with Crippen molar-refractivity contribution < 1.29 is 35.5 Å². The lowest BCUT2D eigenvalue weighted by atomic mass is 9.87. The van der Waals surface area contributed by atoms with Gasteiger partial charge in [-0.2, -0.15) is 0 Å². The SMILES string of the molecule is Cc1ccc(C(O)(C(=O)O)C(O)C(=O)O)cc1.O. The van der Waals surface area contributed by atoms with Crippen LogP contribution in [0.25, 0.3) is 0 Å². The molecule has 0 heterocycles. The van der Waals surface area contributed by atoms with E-state index in [1.165, 1.54) is 24.3 Å². The molecule has 2 unspecified atom stereocenters. The van der Waals surface area contributed by atoms with Crippen molar-refractivity contribution in [2.75, 3.05) is 0 Å². The largest absolute Gasteiger partial charge is 0.479 e. The number of benzene rings is 1. The maximum Gasteiger partial charge on any atom is 0.343 e. The summed E-state index contributed by atoms with van der Waals surface area (Å²) in [6, 6.07) is 5.54. The maximum atomic E-state index is 11.0. The molecule has 0 radical (unpaired) electrons. The number of aliphatic hydroxyl groups is 2. The van der Waals surface area contributed by atoms with Crippen molar-refractivity contribution in [3.05, 3.63) is 35.4 Å². The number of rotatable bonds is 4. The summed E-state index contributed by atoms with van der Waals surface area (Å²) in [6.07, 6.45) is -2.44. The molecule has 1 aromatic rings. The number of carbonyl (C=O) groups is 2. The van der Waals surface area contributed by atoms with Gasteiger partial charge in [-0.3, -0.25) is 0 Å². The highest BCUT2D eigenvalue weighted by Gasteiger charge is 2.49. The number of aliphatic hydroxyl groups excluding tert-OH is 1. The molecule has 6 N–H and O–H groups in total. The quantitative estimate of drug-likeness (QED) is 0.538. The minimum atomic E-state index is -2.86. The fourth-order valence-corrected chi connectivity index (χ4v) is 1.38. The predicted octanol–water partition coefficient (Wildman–Crippen LogP) is -1.11. The average Bonchev–Trinajstić information content (AvgIpc) is 2.27. The molecule has 2 atom stereocenters. The molecule has 0 saturated carbocycles. The van der Waals surface area contributed by atoms with Crippen molar-refractivity contribution in [3.63, 3.8) is 0 Å². The van der Waals surface area contributed by atoms with E-state index in [-0.39, 0.29) is 11.0 Å². The number of aliphatic carboxylic acids is 2. The van der Waals surface area contributed by atoms with Gasteiger partial charge in [0.25, 0.3) is 0 Å². The van der Waals surface area contributed by atoms with Gasteiger partial charge in [0, 0.05) is 0 Å². The molecule has 0 saturated heterocycles. The van der Waals surface area contributed by atoms with E-state index in [0.29, 0.717) is 0 Å². The van der Waals surface area contributed by atoms with Gasteiger partial charge in [0.1, 0.15) is 0 Å².